The number of hydrogen-bond acceptors (Lipinski definition) is 9. The molecule has 0 aromatic carbocycles. The van der Waals surface area contributed by atoms with Crippen LogP contribution in [-0.2, 0) is 13.8 Å². The monoisotopic (exact) mass is 258 g/mol. The maximum atomic E-state index is 10.2. The Morgan fingerprint density at radius 2 is 2.00 bits per heavy atom. The Hall–Kier alpha value is -0.0900. The molecule has 10 heteroatoms. The molecule has 0 aromatic heterocycles. The van der Waals surface area contributed by atoms with Gasteiger partial charge in [-0.1, -0.05) is 0 Å². The first kappa shape index (κ1) is 14.0. The minimum atomic E-state index is -5.33. The van der Waals surface area contributed by atoms with E-state index in [4.69, 9.17) is 5.11 Å². The minimum absolute atomic E-state index is 0.701. The summed E-state index contributed by atoms with van der Waals surface area (Å²) < 4.78 is 18.5. The van der Waals surface area contributed by atoms with Crippen LogP contribution in [0.3, 0.4) is 0 Å². The zero-order valence-corrected chi connectivity index (χ0v) is 8.82. The van der Waals surface area contributed by atoms with Crippen LogP contribution in [0.2, 0.25) is 0 Å². The van der Waals surface area contributed by atoms with Gasteiger partial charge in [-0.25, -0.2) is 0 Å². The molecular weight excluding hydrogens is 247 g/mol. The van der Waals surface area contributed by atoms with Crippen LogP contribution in [0.1, 0.15) is 0 Å². The summed E-state index contributed by atoms with van der Waals surface area (Å²) in [5, 5.41) is 36.8. The zero-order chi connectivity index (χ0) is 12.6. The molecule has 1 aliphatic heterocycles. The van der Waals surface area contributed by atoms with E-state index in [-0.39, 0.29) is 0 Å². The van der Waals surface area contributed by atoms with Gasteiger partial charge in [0.1, 0.15) is 24.9 Å². The van der Waals surface area contributed by atoms with Crippen molar-refractivity contribution in [1.29, 1.82) is 0 Å². The van der Waals surface area contributed by atoms with Crippen molar-refractivity contribution in [1.82, 2.24) is 0 Å². The van der Waals surface area contributed by atoms with Crippen LogP contribution in [0, 0.1) is 0 Å². The standard InChI is InChI=1S/C6H13O9P/c7-1-3-4(8)5(9)6(10,15-3)2-14-16(11,12)13/h3-5,7-10H,1-2H2,(H2,11,12,13)/p-2/t3-,4-,5+,6?/m1/s1. The fraction of sp³-hybridized carbons (Fsp3) is 1.00. The molecule has 1 rings (SSSR count). The maximum absolute atomic E-state index is 10.2. The molecule has 0 bridgehead atoms. The van der Waals surface area contributed by atoms with E-state index in [0.29, 0.717) is 0 Å². The number of ether oxygens (including phenoxy) is 1. The quantitative estimate of drug-likeness (QED) is 0.365. The maximum Gasteiger partial charge on any atom is 0.219 e. The summed E-state index contributed by atoms with van der Waals surface area (Å²) in [4.78, 5) is 20.3. The lowest BCUT2D eigenvalue weighted by Crippen LogP contribution is -2.47. The van der Waals surface area contributed by atoms with Crippen LogP contribution < -0.4 is 9.79 Å². The van der Waals surface area contributed by atoms with Crippen molar-refractivity contribution in [2.45, 2.75) is 24.1 Å². The fourth-order valence-electron chi connectivity index (χ4n) is 1.31. The van der Waals surface area contributed by atoms with Gasteiger partial charge in [-0.15, -0.1) is 0 Å². The van der Waals surface area contributed by atoms with E-state index in [1.165, 1.54) is 0 Å². The summed E-state index contributed by atoms with van der Waals surface area (Å²) in [5.74, 6) is -2.54. The third-order valence-corrected chi connectivity index (χ3v) is 2.58. The van der Waals surface area contributed by atoms with Gasteiger partial charge in [0.25, 0.3) is 0 Å². The van der Waals surface area contributed by atoms with E-state index in [1.807, 2.05) is 0 Å². The Morgan fingerprint density at radius 3 is 2.38 bits per heavy atom. The molecule has 1 aliphatic rings. The highest BCUT2D eigenvalue weighted by Crippen LogP contribution is 2.34. The van der Waals surface area contributed by atoms with Crippen molar-refractivity contribution in [3.05, 3.63) is 0 Å². The highest BCUT2D eigenvalue weighted by molar-refractivity contribution is 7.43. The molecule has 4 atom stereocenters. The van der Waals surface area contributed by atoms with Gasteiger partial charge in [0.2, 0.25) is 5.79 Å². The molecule has 0 spiro atoms. The lowest BCUT2D eigenvalue weighted by Gasteiger charge is -2.33. The second-order valence-corrected chi connectivity index (χ2v) is 4.49. The number of hydrogen-bond donors (Lipinski definition) is 4. The average molecular weight is 258 g/mol. The van der Waals surface area contributed by atoms with Gasteiger partial charge in [-0.2, -0.15) is 0 Å². The zero-order valence-electron chi connectivity index (χ0n) is 7.92. The first-order valence-electron chi connectivity index (χ1n) is 4.23. The Bertz CT molecular complexity index is 290. The SMILES string of the molecule is O=P([O-])([O-])OCC1(O)O[C@H](CO)[C@@H](O)[C@@H]1O. The van der Waals surface area contributed by atoms with Crippen molar-refractivity contribution >= 4 is 7.82 Å². The molecule has 1 unspecified atom stereocenters. The molecule has 96 valence electrons. The Balaban J connectivity index is 2.67. The normalized spacial score (nSPS) is 40.2. The molecule has 0 saturated carbocycles. The van der Waals surface area contributed by atoms with Crippen molar-refractivity contribution in [2.75, 3.05) is 13.2 Å². The van der Waals surface area contributed by atoms with Gasteiger partial charge in [0.05, 0.1) is 14.4 Å². The molecule has 16 heavy (non-hydrogen) atoms. The van der Waals surface area contributed by atoms with Crippen molar-refractivity contribution in [3.8, 4) is 0 Å². The minimum Gasteiger partial charge on any atom is -0.790 e. The van der Waals surface area contributed by atoms with E-state index in [2.05, 4.69) is 9.26 Å². The number of aliphatic hydroxyl groups excluding tert-OH is 3. The molecule has 1 saturated heterocycles. The highest BCUT2D eigenvalue weighted by Gasteiger charge is 2.53. The van der Waals surface area contributed by atoms with Crippen LogP contribution in [0.5, 0.6) is 0 Å². The van der Waals surface area contributed by atoms with Crippen molar-refractivity contribution < 1.29 is 44.0 Å². The van der Waals surface area contributed by atoms with E-state index in [0.717, 1.165) is 0 Å². The lowest BCUT2D eigenvalue weighted by atomic mass is 10.1. The summed E-state index contributed by atoms with van der Waals surface area (Å²) in [5.41, 5.74) is 0. The van der Waals surface area contributed by atoms with Crippen LogP contribution in [0.25, 0.3) is 0 Å². The smallest absolute Gasteiger partial charge is 0.219 e. The largest absolute Gasteiger partial charge is 0.790 e. The fourth-order valence-corrected chi connectivity index (χ4v) is 1.65. The van der Waals surface area contributed by atoms with E-state index in [9.17, 15) is 29.7 Å². The number of aliphatic hydroxyl groups is 4. The van der Waals surface area contributed by atoms with Crippen LogP contribution in [0.15, 0.2) is 0 Å². The van der Waals surface area contributed by atoms with Crippen molar-refractivity contribution in [2.24, 2.45) is 0 Å². The number of phosphoric ester groups is 1. The predicted octanol–water partition coefficient (Wildman–Crippen LogP) is -4.37. The van der Waals surface area contributed by atoms with Gasteiger partial charge < -0.3 is 44.0 Å². The van der Waals surface area contributed by atoms with E-state index in [1.54, 1.807) is 0 Å². The Kier molecular flexibility index (Phi) is 4.06. The van der Waals surface area contributed by atoms with Gasteiger partial charge >= 0.3 is 0 Å². The first-order chi connectivity index (χ1) is 7.19. The molecular formula is C6H11O9P-2. The molecule has 0 amide bonds. The van der Waals surface area contributed by atoms with Gasteiger partial charge in [0, 0.05) is 0 Å². The first-order valence-corrected chi connectivity index (χ1v) is 5.69. The summed E-state index contributed by atoms with van der Waals surface area (Å²) in [6.07, 6.45) is -4.80. The lowest BCUT2D eigenvalue weighted by molar-refractivity contribution is -0.350. The molecule has 0 aliphatic carbocycles. The molecule has 0 radical (unpaired) electrons. The summed E-state index contributed by atoms with van der Waals surface area (Å²) in [7, 11) is -5.33. The van der Waals surface area contributed by atoms with Crippen LogP contribution >= 0.6 is 7.82 Å². The van der Waals surface area contributed by atoms with Crippen LogP contribution in [0.4, 0.5) is 0 Å². The van der Waals surface area contributed by atoms with Gasteiger partial charge in [-0.3, -0.25) is 0 Å². The molecule has 0 aromatic rings. The topological polar surface area (TPSA) is 163 Å². The second-order valence-electron chi connectivity index (χ2n) is 3.34. The molecule has 1 heterocycles. The number of rotatable bonds is 4. The highest BCUT2D eigenvalue weighted by atomic mass is 31.2. The molecule has 9 nitrogen and oxygen atoms in total. The number of phosphoric acid groups is 1. The van der Waals surface area contributed by atoms with Gasteiger partial charge in [0.15, 0.2) is 0 Å². The summed E-state index contributed by atoms with van der Waals surface area (Å²) in [6, 6.07) is 0. The average Bonchev–Trinajstić information content (AvgIpc) is 2.40. The van der Waals surface area contributed by atoms with E-state index >= 15 is 0 Å². The third-order valence-electron chi connectivity index (χ3n) is 2.13. The molecule has 1 fully saturated rings. The van der Waals surface area contributed by atoms with Crippen molar-refractivity contribution in [3.63, 3.8) is 0 Å². The predicted molar refractivity (Wildman–Crippen MR) is 42.5 cm³/mol. The van der Waals surface area contributed by atoms with E-state index < -0.39 is 45.1 Å². The molecule has 4 N–H and O–H groups in total. The Labute approximate surface area is 90.1 Å². The summed E-state index contributed by atoms with van der Waals surface area (Å²) in [6.45, 7) is -1.86. The van der Waals surface area contributed by atoms with Crippen LogP contribution in [-0.4, -0.2) is 57.7 Å². The second kappa shape index (κ2) is 4.65. The third kappa shape index (κ3) is 2.98. The summed E-state index contributed by atoms with van der Waals surface area (Å²) >= 11 is 0. The van der Waals surface area contributed by atoms with Gasteiger partial charge in [-0.05, 0) is 0 Å². The Morgan fingerprint density at radius 1 is 1.44 bits per heavy atom.